The van der Waals surface area contributed by atoms with E-state index >= 15 is 0 Å². The minimum atomic E-state index is 0.176. The Morgan fingerprint density at radius 1 is 1.04 bits per heavy atom. The van der Waals surface area contributed by atoms with Crippen molar-refractivity contribution in [3.05, 3.63) is 12.1 Å². The van der Waals surface area contributed by atoms with E-state index in [0.717, 1.165) is 5.39 Å². The summed E-state index contributed by atoms with van der Waals surface area (Å²) < 4.78 is 15.6. The number of amidine groups is 1. The monoisotopic (exact) mass is 346 g/mol. The van der Waals surface area contributed by atoms with E-state index in [9.17, 15) is 0 Å². The maximum Gasteiger partial charge on any atom is 0.284 e. The van der Waals surface area contributed by atoms with Crippen molar-refractivity contribution in [3.8, 4) is 11.5 Å². The lowest BCUT2D eigenvalue weighted by molar-refractivity contribution is 0.266. The predicted octanol–water partition coefficient (Wildman–Crippen LogP) is 0.932. The van der Waals surface area contributed by atoms with Gasteiger partial charge in [-0.3, -0.25) is 5.41 Å². The van der Waals surface area contributed by atoms with Gasteiger partial charge in [-0.15, -0.1) is 0 Å². The molecule has 1 saturated heterocycles. The van der Waals surface area contributed by atoms with Gasteiger partial charge in [-0.25, -0.2) is 4.98 Å². The number of nitrogen functional groups attached to an aromatic ring is 1. The molecule has 2 aromatic rings. The number of nitrogens with two attached hydrogens (primary N) is 1. The molecule has 1 fully saturated rings. The molecule has 0 radical (unpaired) electrons. The number of nitrogens with one attached hydrogen (secondary N) is 1. The Morgan fingerprint density at radius 2 is 1.68 bits per heavy atom. The fourth-order valence-corrected chi connectivity index (χ4v) is 2.85. The van der Waals surface area contributed by atoms with E-state index in [1.54, 1.807) is 26.4 Å². The van der Waals surface area contributed by atoms with Crippen LogP contribution in [0.15, 0.2) is 12.1 Å². The standard InChI is InChI=1S/C16H22N6O3/c1-23-12-8-10-11(9-13(12)24-2)19-16(20-14(10)17)22-6-4-21(5-7-22)15(18)25-3/h8-9,18H,4-7H2,1-3H3,(H2,17,19,20). The largest absolute Gasteiger partial charge is 0.493 e. The zero-order valence-corrected chi connectivity index (χ0v) is 14.6. The maximum absolute atomic E-state index is 7.74. The quantitative estimate of drug-likeness (QED) is 0.624. The van der Waals surface area contributed by atoms with Crippen LogP contribution in [0.1, 0.15) is 0 Å². The highest BCUT2D eigenvalue weighted by molar-refractivity contribution is 5.91. The number of anilines is 2. The molecule has 1 aromatic carbocycles. The molecule has 0 unspecified atom stereocenters. The number of ether oxygens (including phenoxy) is 3. The van der Waals surface area contributed by atoms with Gasteiger partial charge in [0.1, 0.15) is 5.82 Å². The average Bonchev–Trinajstić information content (AvgIpc) is 2.66. The molecule has 3 rings (SSSR count). The van der Waals surface area contributed by atoms with Crippen molar-refractivity contribution in [2.75, 3.05) is 58.1 Å². The van der Waals surface area contributed by atoms with Crippen molar-refractivity contribution < 1.29 is 14.2 Å². The average molecular weight is 346 g/mol. The molecule has 0 atom stereocenters. The molecule has 9 nitrogen and oxygen atoms in total. The number of hydrogen-bond donors (Lipinski definition) is 2. The predicted molar refractivity (Wildman–Crippen MR) is 95.6 cm³/mol. The van der Waals surface area contributed by atoms with Crippen LogP contribution in [0, 0.1) is 5.41 Å². The molecule has 1 aliphatic heterocycles. The Kier molecular flexibility index (Phi) is 4.64. The normalized spacial score (nSPS) is 14.5. The van der Waals surface area contributed by atoms with Crippen LogP contribution in [0.25, 0.3) is 10.9 Å². The second-order valence-corrected chi connectivity index (χ2v) is 5.62. The summed E-state index contributed by atoms with van der Waals surface area (Å²) in [7, 11) is 4.66. The number of rotatable bonds is 3. The second-order valence-electron chi connectivity index (χ2n) is 5.62. The fraction of sp³-hybridized carbons (Fsp3) is 0.438. The summed E-state index contributed by atoms with van der Waals surface area (Å²) in [6.45, 7) is 2.70. The summed E-state index contributed by atoms with van der Waals surface area (Å²) in [5.41, 5.74) is 6.84. The van der Waals surface area contributed by atoms with Crippen LogP contribution in [0.5, 0.6) is 11.5 Å². The Labute approximate surface area is 145 Å². The van der Waals surface area contributed by atoms with Crippen molar-refractivity contribution in [2.45, 2.75) is 0 Å². The highest BCUT2D eigenvalue weighted by Gasteiger charge is 2.22. The van der Waals surface area contributed by atoms with Gasteiger partial charge in [-0.05, 0) is 6.07 Å². The maximum atomic E-state index is 7.74. The molecule has 1 aromatic heterocycles. The summed E-state index contributed by atoms with van der Waals surface area (Å²) in [4.78, 5) is 13.0. The van der Waals surface area contributed by atoms with Gasteiger partial charge < -0.3 is 29.7 Å². The molecule has 134 valence electrons. The van der Waals surface area contributed by atoms with E-state index in [1.807, 2.05) is 9.80 Å². The zero-order chi connectivity index (χ0) is 18.0. The molecule has 9 heteroatoms. The van der Waals surface area contributed by atoms with E-state index < -0.39 is 0 Å². The first-order chi connectivity index (χ1) is 12.1. The molecular weight excluding hydrogens is 324 g/mol. The topological polar surface area (TPSA) is 110 Å². The van der Waals surface area contributed by atoms with E-state index in [0.29, 0.717) is 55.0 Å². The number of hydrogen-bond acceptors (Lipinski definition) is 8. The summed E-state index contributed by atoms with van der Waals surface area (Å²) in [5, 5.41) is 8.46. The number of fused-ring (bicyclic) bond motifs is 1. The molecule has 0 aliphatic carbocycles. The van der Waals surface area contributed by atoms with Crippen LogP contribution in [-0.4, -0.2) is 68.4 Å². The van der Waals surface area contributed by atoms with Crippen molar-refractivity contribution in [1.29, 1.82) is 5.41 Å². The van der Waals surface area contributed by atoms with Crippen molar-refractivity contribution in [2.24, 2.45) is 0 Å². The summed E-state index contributed by atoms with van der Waals surface area (Å²) in [6.07, 6.45) is 0. The van der Waals surface area contributed by atoms with Crippen LogP contribution in [0.4, 0.5) is 11.8 Å². The first-order valence-corrected chi connectivity index (χ1v) is 7.89. The lowest BCUT2D eigenvalue weighted by Gasteiger charge is -2.35. The smallest absolute Gasteiger partial charge is 0.284 e. The van der Waals surface area contributed by atoms with E-state index in [2.05, 4.69) is 9.97 Å². The van der Waals surface area contributed by atoms with Crippen LogP contribution in [0.2, 0.25) is 0 Å². The Morgan fingerprint density at radius 3 is 2.28 bits per heavy atom. The number of piperazine rings is 1. The number of aromatic nitrogens is 2. The lowest BCUT2D eigenvalue weighted by atomic mass is 10.2. The summed E-state index contributed by atoms with van der Waals surface area (Å²) in [6, 6.07) is 3.76. The molecule has 3 N–H and O–H groups in total. The minimum absolute atomic E-state index is 0.176. The highest BCUT2D eigenvalue weighted by Crippen LogP contribution is 2.34. The number of nitrogens with zero attached hydrogens (tertiary/aromatic N) is 4. The third kappa shape index (κ3) is 3.17. The van der Waals surface area contributed by atoms with E-state index in [4.69, 9.17) is 25.4 Å². The van der Waals surface area contributed by atoms with Gasteiger partial charge in [0.05, 0.1) is 26.8 Å². The van der Waals surface area contributed by atoms with Gasteiger partial charge in [-0.1, -0.05) is 0 Å². The fourth-order valence-electron chi connectivity index (χ4n) is 2.85. The Balaban J connectivity index is 1.89. The first-order valence-electron chi connectivity index (χ1n) is 7.89. The van der Waals surface area contributed by atoms with E-state index in [1.165, 1.54) is 7.11 Å². The Bertz CT molecular complexity index is 789. The van der Waals surface area contributed by atoms with Crippen LogP contribution >= 0.6 is 0 Å². The third-order valence-corrected chi connectivity index (χ3v) is 4.26. The lowest BCUT2D eigenvalue weighted by Crippen LogP contribution is -2.49. The molecule has 25 heavy (non-hydrogen) atoms. The van der Waals surface area contributed by atoms with Crippen molar-refractivity contribution >= 4 is 28.7 Å². The van der Waals surface area contributed by atoms with Crippen molar-refractivity contribution in [1.82, 2.24) is 14.9 Å². The molecule has 2 heterocycles. The van der Waals surface area contributed by atoms with Crippen LogP contribution in [-0.2, 0) is 4.74 Å². The minimum Gasteiger partial charge on any atom is -0.493 e. The molecule has 0 saturated carbocycles. The Hall–Kier alpha value is -2.97. The third-order valence-electron chi connectivity index (χ3n) is 4.26. The summed E-state index contributed by atoms with van der Waals surface area (Å²) >= 11 is 0. The van der Waals surface area contributed by atoms with Gasteiger partial charge in [0.2, 0.25) is 5.95 Å². The molecule has 0 amide bonds. The summed E-state index contributed by atoms with van der Waals surface area (Å²) in [5.74, 6) is 2.15. The van der Waals surface area contributed by atoms with Gasteiger partial charge in [0.25, 0.3) is 6.02 Å². The van der Waals surface area contributed by atoms with Gasteiger partial charge >= 0.3 is 0 Å². The highest BCUT2D eigenvalue weighted by atomic mass is 16.5. The SMILES string of the molecule is COC(=N)N1CCN(c2nc(N)c3cc(OC)c(OC)cc3n2)CC1. The molecule has 0 bridgehead atoms. The van der Waals surface area contributed by atoms with Crippen molar-refractivity contribution in [3.63, 3.8) is 0 Å². The van der Waals surface area contributed by atoms with Crippen LogP contribution in [0.3, 0.4) is 0 Å². The molecular formula is C16H22N6O3. The zero-order valence-electron chi connectivity index (χ0n) is 14.6. The van der Waals surface area contributed by atoms with Gasteiger partial charge in [0.15, 0.2) is 11.5 Å². The van der Waals surface area contributed by atoms with Gasteiger partial charge in [0, 0.05) is 37.6 Å². The van der Waals surface area contributed by atoms with Gasteiger partial charge in [-0.2, -0.15) is 4.98 Å². The molecule has 1 aliphatic rings. The first kappa shape index (κ1) is 16.9. The van der Waals surface area contributed by atoms with Crippen LogP contribution < -0.4 is 20.1 Å². The number of benzene rings is 1. The molecule has 0 spiro atoms. The number of methoxy groups -OCH3 is 3. The van der Waals surface area contributed by atoms with E-state index in [-0.39, 0.29) is 6.02 Å². The second kappa shape index (κ2) is 6.88.